The number of fused-ring (bicyclic) bond motifs is 1. The molecule has 0 aliphatic rings. The first-order valence-electron chi connectivity index (χ1n) is 6.20. The van der Waals surface area contributed by atoms with E-state index in [0.717, 1.165) is 27.7 Å². The third-order valence-electron chi connectivity index (χ3n) is 3.28. The molecule has 0 radical (unpaired) electrons. The molecule has 0 aliphatic carbocycles. The van der Waals surface area contributed by atoms with Crippen LogP contribution in [-0.4, -0.2) is 0 Å². The Morgan fingerprint density at radius 3 is 2.47 bits per heavy atom. The topological polar surface area (TPSA) is 36.9 Å². The molecule has 2 nitrogen and oxygen atoms in total. The third-order valence-corrected chi connectivity index (χ3v) is 3.28. The number of hydrogen-bond acceptors (Lipinski definition) is 2. The minimum Gasteiger partial charge on any atom is -0.445 e. The Morgan fingerprint density at radius 2 is 1.79 bits per heavy atom. The van der Waals surface area contributed by atoms with E-state index >= 15 is 0 Å². The molecular weight excluding hydrogens is 234 g/mol. The Kier molecular flexibility index (Phi) is 2.61. The monoisotopic (exact) mass is 247 g/mol. The van der Waals surface area contributed by atoms with Crippen LogP contribution in [0.4, 0.5) is 0 Å². The van der Waals surface area contributed by atoms with Gasteiger partial charge in [0.1, 0.15) is 11.7 Å². The lowest BCUT2D eigenvalue weighted by molar-refractivity contribution is 0.598. The van der Waals surface area contributed by atoms with Gasteiger partial charge in [-0.3, -0.25) is 0 Å². The zero-order valence-corrected chi connectivity index (χ0v) is 10.9. The quantitative estimate of drug-likeness (QED) is 0.630. The summed E-state index contributed by atoms with van der Waals surface area (Å²) in [7, 11) is 0. The molecule has 0 aliphatic heterocycles. The highest BCUT2D eigenvalue weighted by molar-refractivity contribution is 5.98. The van der Waals surface area contributed by atoms with Crippen LogP contribution >= 0.6 is 0 Å². The van der Waals surface area contributed by atoms with Crippen molar-refractivity contribution in [3.63, 3.8) is 0 Å². The van der Waals surface area contributed by atoms with Gasteiger partial charge in [0.15, 0.2) is 0 Å². The predicted molar refractivity (Wildman–Crippen MR) is 75.8 cm³/mol. The number of hydrogen-bond donors (Lipinski definition) is 0. The van der Waals surface area contributed by atoms with Gasteiger partial charge in [-0.05, 0) is 36.6 Å². The van der Waals surface area contributed by atoms with Crippen molar-refractivity contribution in [3.05, 3.63) is 59.4 Å². The maximum absolute atomic E-state index is 9.30. The fourth-order valence-electron chi connectivity index (χ4n) is 2.52. The van der Waals surface area contributed by atoms with Crippen LogP contribution in [0.25, 0.3) is 22.1 Å². The minimum absolute atomic E-state index is 0.384. The van der Waals surface area contributed by atoms with Crippen LogP contribution in [0.3, 0.4) is 0 Å². The molecule has 19 heavy (non-hydrogen) atoms. The van der Waals surface area contributed by atoms with Gasteiger partial charge < -0.3 is 4.42 Å². The Hall–Kier alpha value is -2.53. The van der Waals surface area contributed by atoms with E-state index in [9.17, 15) is 5.26 Å². The highest BCUT2D eigenvalue weighted by Gasteiger charge is 2.17. The largest absolute Gasteiger partial charge is 0.445 e. The van der Waals surface area contributed by atoms with Crippen molar-refractivity contribution in [3.8, 4) is 17.2 Å². The van der Waals surface area contributed by atoms with E-state index in [4.69, 9.17) is 4.42 Å². The molecule has 0 saturated heterocycles. The first-order chi connectivity index (χ1) is 9.20. The number of benzene rings is 2. The maximum Gasteiger partial charge on any atom is 0.212 e. The van der Waals surface area contributed by atoms with Gasteiger partial charge in [-0.2, -0.15) is 5.26 Å². The van der Waals surface area contributed by atoms with E-state index in [1.807, 2.05) is 37.3 Å². The van der Waals surface area contributed by atoms with Gasteiger partial charge in [0.2, 0.25) is 5.76 Å². The first-order valence-corrected chi connectivity index (χ1v) is 6.20. The average molecular weight is 247 g/mol. The molecule has 0 amide bonds. The second kappa shape index (κ2) is 4.29. The van der Waals surface area contributed by atoms with E-state index in [-0.39, 0.29) is 0 Å². The second-order valence-electron chi connectivity index (χ2n) is 4.74. The van der Waals surface area contributed by atoms with Crippen LogP contribution in [0.15, 0.2) is 46.9 Å². The smallest absolute Gasteiger partial charge is 0.212 e. The summed E-state index contributed by atoms with van der Waals surface area (Å²) in [4.78, 5) is 0. The van der Waals surface area contributed by atoms with Crippen molar-refractivity contribution in [2.45, 2.75) is 13.8 Å². The van der Waals surface area contributed by atoms with Gasteiger partial charge in [-0.25, -0.2) is 0 Å². The molecule has 0 spiro atoms. The summed E-state index contributed by atoms with van der Waals surface area (Å²) in [5, 5.41) is 10.3. The van der Waals surface area contributed by atoms with Crippen LogP contribution in [0, 0.1) is 25.2 Å². The fraction of sp³-hybridized carbons (Fsp3) is 0.118. The molecule has 0 atom stereocenters. The lowest BCUT2D eigenvalue weighted by Crippen LogP contribution is -1.81. The zero-order valence-electron chi connectivity index (χ0n) is 10.9. The van der Waals surface area contributed by atoms with Gasteiger partial charge >= 0.3 is 0 Å². The van der Waals surface area contributed by atoms with Gasteiger partial charge in [0.05, 0.1) is 0 Å². The Morgan fingerprint density at radius 1 is 1.05 bits per heavy atom. The fourth-order valence-corrected chi connectivity index (χ4v) is 2.52. The van der Waals surface area contributed by atoms with Gasteiger partial charge in [-0.1, -0.05) is 36.4 Å². The molecule has 0 N–H and O–H groups in total. The Bertz CT molecular complexity index is 791. The molecule has 2 aromatic carbocycles. The SMILES string of the molecule is Cc1cc(C)c2oc(C#N)c(-c3ccccc3)c2c1. The third kappa shape index (κ3) is 1.80. The molecule has 1 heterocycles. The second-order valence-corrected chi connectivity index (χ2v) is 4.74. The van der Waals surface area contributed by atoms with E-state index < -0.39 is 0 Å². The number of nitrogens with zero attached hydrogens (tertiary/aromatic N) is 1. The van der Waals surface area contributed by atoms with E-state index in [0.29, 0.717) is 5.76 Å². The van der Waals surface area contributed by atoms with Crippen molar-refractivity contribution in [2.75, 3.05) is 0 Å². The lowest BCUT2D eigenvalue weighted by atomic mass is 9.99. The van der Waals surface area contributed by atoms with Crippen LogP contribution in [0.5, 0.6) is 0 Å². The van der Waals surface area contributed by atoms with Crippen molar-refractivity contribution in [1.29, 1.82) is 5.26 Å². The molecule has 0 bridgehead atoms. The Labute approximate surface area is 111 Å². The summed E-state index contributed by atoms with van der Waals surface area (Å²) in [6, 6.07) is 16.2. The van der Waals surface area contributed by atoms with Crippen LogP contribution in [-0.2, 0) is 0 Å². The molecule has 0 fully saturated rings. The normalized spacial score (nSPS) is 10.6. The molecular formula is C17H13NO. The summed E-state index contributed by atoms with van der Waals surface area (Å²) < 4.78 is 5.73. The number of rotatable bonds is 1. The van der Waals surface area contributed by atoms with Crippen molar-refractivity contribution in [1.82, 2.24) is 0 Å². The number of nitriles is 1. The number of aryl methyl sites for hydroxylation is 2. The van der Waals surface area contributed by atoms with Crippen LogP contribution < -0.4 is 0 Å². The van der Waals surface area contributed by atoms with Gasteiger partial charge in [-0.15, -0.1) is 0 Å². The molecule has 0 saturated carbocycles. The van der Waals surface area contributed by atoms with Gasteiger partial charge in [0, 0.05) is 10.9 Å². The van der Waals surface area contributed by atoms with Crippen molar-refractivity contribution >= 4 is 11.0 Å². The lowest BCUT2D eigenvalue weighted by Gasteiger charge is -2.01. The summed E-state index contributed by atoms with van der Waals surface area (Å²) in [6.07, 6.45) is 0. The molecule has 3 aromatic rings. The average Bonchev–Trinajstić information content (AvgIpc) is 2.78. The van der Waals surface area contributed by atoms with Crippen molar-refractivity contribution in [2.24, 2.45) is 0 Å². The first kappa shape index (κ1) is 11.6. The van der Waals surface area contributed by atoms with Crippen molar-refractivity contribution < 1.29 is 4.42 Å². The highest BCUT2D eigenvalue weighted by Crippen LogP contribution is 2.36. The molecule has 1 aromatic heterocycles. The maximum atomic E-state index is 9.30. The molecule has 3 rings (SSSR count). The van der Waals surface area contributed by atoms with E-state index in [2.05, 4.69) is 25.1 Å². The number of furan rings is 1. The molecule has 0 unspecified atom stereocenters. The van der Waals surface area contributed by atoms with Crippen LogP contribution in [0.2, 0.25) is 0 Å². The summed E-state index contributed by atoms with van der Waals surface area (Å²) in [5.74, 6) is 0.384. The highest BCUT2D eigenvalue weighted by atomic mass is 16.3. The minimum atomic E-state index is 0.384. The van der Waals surface area contributed by atoms with Crippen LogP contribution in [0.1, 0.15) is 16.9 Å². The summed E-state index contributed by atoms with van der Waals surface area (Å²) >= 11 is 0. The summed E-state index contributed by atoms with van der Waals surface area (Å²) in [5.41, 5.74) is 4.95. The molecule has 92 valence electrons. The predicted octanol–water partition coefficient (Wildman–Crippen LogP) is 4.59. The van der Waals surface area contributed by atoms with E-state index in [1.165, 1.54) is 5.56 Å². The summed E-state index contributed by atoms with van der Waals surface area (Å²) in [6.45, 7) is 4.06. The Balaban J connectivity index is 2.44. The standard InChI is InChI=1S/C17H13NO/c1-11-8-12(2)17-14(9-11)16(15(10-18)19-17)13-6-4-3-5-7-13/h3-9H,1-2H3. The van der Waals surface area contributed by atoms with Gasteiger partial charge in [0.25, 0.3) is 0 Å². The zero-order chi connectivity index (χ0) is 13.4. The molecule has 2 heteroatoms. The van der Waals surface area contributed by atoms with E-state index in [1.54, 1.807) is 0 Å².